The van der Waals surface area contributed by atoms with Crippen LogP contribution in [0.1, 0.15) is 36.3 Å². The van der Waals surface area contributed by atoms with Gasteiger partial charge in [-0.25, -0.2) is 4.79 Å². The van der Waals surface area contributed by atoms with Gasteiger partial charge in [-0.3, -0.25) is 9.59 Å². The van der Waals surface area contributed by atoms with E-state index in [0.29, 0.717) is 31.6 Å². The molecule has 1 aliphatic carbocycles. The highest BCUT2D eigenvalue weighted by Gasteiger charge is 2.33. The van der Waals surface area contributed by atoms with Gasteiger partial charge in [-0.2, -0.15) is 11.8 Å². The minimum atomic E-state index is -0.886. The molecule has 1 unspecified atom stereocenters. The highest BCUT2D eigenvalue weighted by Crippen LogP contribution is 2.44. The van der Waals surface area contributed by atoms with Crippen molar-refractivity contribution in [1.29, 1.82) is 0 Å². The van der Waals surface area contributed by atoms with Crippen LogP contribution in [0.2, 0.25) is 0 Å². The molecule has 2 N–H and O–H groups in total. The topological polar surface area (TPSA) is 95.9 Å². The van der Waals surface area contributed by atoms with Crippen LogP contribution < -0.4 is 5.32 Å². The summed E-state index contributed by atoms with van der Waals surface area (Å²) in [4.78, 5) is 38.9. The van der Waals surface area contributed by atoms with Crippen molar-refractivity contribution in [1.82, 2.24) is 10.2 Å². The standard InChI is InChI=1S/C26H30N2O5S/c1-34-14-12-23(24(29)28-13-6-7-17(15-28)25(30)31)27-26(32)33-16-22-20-10-4-2-8-18(20)19-9-3-5-11-21(19)22/h2-5,8-11,17,22-23H,6-7,12-16H2,1H3,(H,27,32)(H,30,31)/t17-,23?/m1/s1. The fraction of sp³-hybridized carbons (Fsp3) is 0.423. The van der Waals surface area contributed by atoms with Crippen molar-refractivity contribution in [3.63, 3.8) is 0 Å². The molecule has 0 spiro atoms. The SMILES string of the molecule is CSCCC(NC(=O)OCC1c2ccccc2-c2ccccc21)C(=O)N1CCC[C@@H](C(=O)O)C1. The molecule has 8 heteroatoms. The van der Waals surface area contributed by atoms with E-state index in [-0.39, 0.29) is 25.0 Å². The number of nitrogens with one attached hydrogen (secondary N) is 1. The molecule has 7 nitrogen and oxygen atoms in total. The number of likely N-dealkylation sites (tertiary alicyclic amines) is 1. The summed E-state index contributed by atoms with van der Waals surface area (Å²) in [5, 5.41) is 12.1. The number of hydrogen-bond donors (Lipinski definition) is 2. The molecule has 180 valence electrons. The van der Waals surface area contributed by atoms with Gasteiger partial charge < -0.3 is 20.1 Å². The Balaban J connectivity index is 1.41. The van der Waals surface area contributed by atoms with Crippen LogP contribution in [-0.4, -0.2) is 65.7 Å². The van der Waals surface area contributed by atoms with Crippen LogP contribution in [0, 0.1) is 5.92 Å². The van der Waals surface area contributed by atoms with E-state index in [1.807, 2.05) is 30.5 Å². The van der Waals surface area contributed by atoms with Crippen LogP contribution in [0.25, 0.3) is 11.1 Å². The van der Waals surface area contributed by atoms with Crippen LogP contribution in [-0.2, 0) is 14.3 Å². The Hall–Kier alpha value is -3.00. The lowest BCUT2D eigenvalue weighted by molar-refractivity contribution is -0.146. The van der Waals surface area contributed by atoms with E-state index in [9.17, 15) is 19.5 Å². The minimum absolute atomic E-state index is 0.0584. The van der Waals surface area contributed by atoms with Gasteiger partial charge in [0.25, 0.3) is 0 Å². The molecule has 1 saturated heterocycles. The number of nitrogens with zero attached hydrogens (tertiary/aromatic N) is 1. The Kier molecular flexibility index (Phi) is 7.77. The van der Waals surface area contributed by atoms with Gasteiger partial charge in [0.05, 0.1) is 5.92 Å². The monoisotopic (exact) mass is 482 g/mol. The molecule has 2 atom stereocenters. The first-order valence-corrected chi connectivity index (χ1v) is 13.0. The van der Waals surface area contributed by atoms with E-state index in [2.05, 4.69) is 29.6 Å². The van der Waals surface area contributed by atoms with Gasteiger partial charge in [0, 0.05) is 19.0 Å². The number of rotatable bonds is 8. The number of ether oxygens (including phenoxy) is 1. The van der Waals surface area contributed by atoms with Crippen molar-refractivity contribution in [3.8, 4) is 11.1 Å². The number of carboxylic acids is 1. The molecule has 0 saturated carbocycles. The summed E-state index contributed by atoms with van der Waals surface area (Å²) in [5.74, 6) is -1.06. The highest BCUT2D eigenvalue weighted by atomic mass is 32.2. The Morgan fingerprint density at radius 2 is 1.76 bits per heavy atom. The first-order chi connectivity index (χ1) is 16.5. The smallest absolute Gasteiger partial charge is 0.407 e. The number of hydrogen-bond acceptors (Lipinski definition) is 5. The minimum Gasteiger partial charge on any atom is -0.481 e. The van der Waals surface area contributed by atoms with E-state index < -0.39 is 24.0 Å². The normalized spacial score (nSPS) is 18.0. The third-order valence-corrected chi connectivity index (χ3v) is 7.27. The van der Waals surface area contributed by atoms with Crippen molar-refractivity contribution in [2.24, 2.45) is 5.92 Å². The van der Waals surface area contributed by atoms with Crippen LogP contribution in [0.5, 0.6) is 0 Å². The van der Waals surface area contributed by atoms with Gasteiger partial charge in [0.15, 0.2) is 0 Å². The van der Waals surface area contributed by atoms with E-state index >= 15 is 0 Å². The quantitative estimate of drug-likeness (QED) is 0.591. The summed E-state index contributed by atoms with van der Waals surface area (Å²) in [6, 6.07) is 15.5. The summed E-state index contributed by atoms with van der Waals surface area (Å²) in [5.41, 5.74) is 4.55. The second-order valence-electron chi connectivity index (χ2n) is 8.77. The maximum atomic E-state index is 13.1. The number of carbonyl (C=O) groups is 3. The van der Waals surface area contributed by atoms with Gasteiger partial charge in [-0.1, -0.05) is 48.5 Å². The van der Waals surface area contributed by atoms with Crippen molar-refractivity contribution in [2.75, 3.05) is 31.7 Å². The lowest BCUT2D eigenvalue weighted by Gasteiger charge is -2.33. The molecule has 0 bridgehead atoms. The molecular weight excluding hydrogens is 452 g/mol. The number of piperidine rings is 1. The second kappa shape index (κ2) is 11.0. The highest BCUT2D eigenvalue weighted by molar-refractivity contribution is 7.98. The zero-order valence-electron chi connectivity index (χ0n) is 19.2. The number of amides is 2. The molecule has 2 aliphatic rings. The molecule has 34 heavy (non-hydrogen) atoms. The first kappa shape index (κ1) is 24.1. The fourth-order valence-corrected chi connectivity index (χ4v) is 5.35. The van der Waals surface area contributed by atoms with Gasteiger partial charge in [0.1, 0.15) is 12.6 Å². The summed E-state index contributed by atoms with van der Waals surface area (Å²) in [7, 11) is 0. The van der Waals surface area contributed by atoms with Crippen molar-refractivity contribution in [3.05, 3.63) is 59.7 Å². The number of carboxylic acid groups (broad SMARTS) is 1. The number of alkyl carbamates (subject to hydrolysis) is 1. The second-order valence-corrected chi connectivity index (χ2v) is 9.75. The maximum absolute atomic E-state index is 13.1. The molecule has 4 rings (SSSR count). The van der Waals surface area contributed by atoms with Gasteiger partial charge >= 0.3 is 12.1 Å². The van der Waals surface area contributed by atoms with Gasteiger partial charge in [-0.15, -0.1) is 0 Å². The Bertz CT molecular complexity index is 1010. The average Bonchev–Trinajstić information content (AvgIpc) is 3.18. The number of fused-ring (bicyclic) bond motifs is 3. The number of benzene rings is 2. The lowest BCUT2D eigenvalue weighted by atomic mass is 9.97. The Labute approximate surface area is 203 Å². The molecule has 2 aromatic carbocycles. The summed E-state index contributed by atoms with van der Waals surface area (Å²) in [6.45, 7) is 0.856. The molecule has 2 aromatic rings. The van der Waals surface area contributed by atoms with E-state index in [0.717, 1.165) is 22.3 Å². The fourth-order valence-electron chi connectivity index (χ4n) is 4.87. The molecule has 0 radical (unpaired) electrons. The van der Waals surface area contributed by atoms with E-state index in [1.54, 1.807) is 16.7 Å². The largest absolute Gasteiger partial charge is 0.481 e. The van der Waals surface area contributed by atoms with Gasteiger partial charge in [-0.05, 0) is 53.5 Å². The predicted molar refractivity (Wildman–Crippen MR) is 132 cm³/mol. The van der Waals surface area contributed by atoms with Crippen LogP contribution in [0.4, 0.5) is 4.79 Å². The Morgan fingerprint density at radius 3 is 2.38 bits per heavy atom. The Morgan fingerprint density at radius 1 is 1.12 bits per heavy atom. The maximum Gasteiger partial charge on any atom is 0.407 e. The molecule has 1 heterocycles. The molecule has 1 aliphatic heterocycles. The first-order valence-electron chi connectivity index (χ1n) is 11.6. The molecule has 0 aromatic heterocycles. The summed E-state index contributed by atoms with van der Waals surface area (Å²) >= 11 is 1.59. The van der Waals surface area contributed by atoms with Crippen LogP contribution >= 0.6 is 11.8 Å². The van der Waals surface area contributed by atoms with Crippen molar-refractivity contribution in [2.45, 2.75) is 31.2 Å². The third-order valence-electron chi connectivity index (χ3n) is 6.63. The molecular formula is C26H30N2O5S. The van der Waals surface area contributed by atoms with Crippen molar-refractivity contribution < 1.29 is 24.2 Å². The zero-order chi connectivity index (χ0) is 24.1. The van der Waals surface area contributed by atoms with Crippen LogP contribution in [0.3, 0.4) is 0 Å². The van der Waals surface area contributed by atoms with E-state index in [1.165, 1.54) is 0 Å². The van der Waals surface area contributed by atoms with Crippen LogP contribution in [0.15, 0.2) is 48.5 Å². The van der Waals surface area contributed by atoms with Crippen molar-refractivity contribution >= 4 is 29.7 Å². The number of aliphatic carboxylic acids is 1. The average molecular weight is 483 g/mol. The third kappa shape index (κ3) is 5.22. The molecule has 2 amide bonds. The zero-order valence-corrected chi connectivity index (χ0v) is 20.1. The predicted octanol–water partition coefficient (Wildman–Crippen LogP) is 3.97. The summed E-state index contributed by atoms with van der Waals surface area (Å²) < 4.78 is 5.63. The molecule has 1 fully saturated rings. The number of carbonyl (C=O) groups excluding carboxylic acids is 2. The van der Waals surface area contributed by atoms with Gasteiger partial charge in [0.2, 0.25) is 5.91 Å². The number of thioether (sulfide) groups is 1. The summed E-state index contributed by atoms with van der Waals surface area (Å²) in [6.07, 6.45) is 2.97. The lowest BCUT2D eigenvalue weighted by Crippen LogP contribution is -2.52. The van der Waals surface area contributed by atoms with E-state index in [4.69, 9.17) is 4.74 Å².